The zero-order chi connectivity index (χ0) is 20.4. The van der Waals surface area contributed by atoms with Crippen LogP contribution < -0.4 is 5.32 Å². The molecule has 0 fully saturated rings. The molecule has 1 aromatic heterocycles. The lowest BCUT2D eigenvalue weighted by Crippen LogP contribution is -2.29. The van der Waals surface area contributed by atoms with Gasteiger partial charge in [0, 0.05) is 11.3 Å². The fourth-order valence-electron chi connectivity index (χ4n) is 3.58. The number of aryl methyl sites for hydroxylation is 1. The molecule has 0 amide bonds. The van der Waals surface area contributed by atoms with Gasteiger partial charge < -0.3 is 10.1 Å². The maximum atomic E-state index is 12.8. The van der Waals surface area contributed by atoms with Crippen LogP contribution >= 0.6 is 0 Å². The molecule has 1 N–H and O–H groups in total. The van der Waals surface area contributed by atoms with Crippen molar-refractivity contribution >= 4 is 11.9 Å². The molecule has 1 atom stereocenters. The van der Waals surface area contributed by atoms with E-state index >= 15 is 0 Å². The van der Waals surface area contributed by atoms with Gasteiger partial charge in [0.1, 0.15) is 6.04 Å². The smallest absolute Gasteiger partial charge is 0.338 e. The number of ether oxygens (including phenoxy) is 1. The Morgan fingerprint density at radius 2 is 1.83 bits per heavy atom. The number of carbonyl (C=O) groups is 1. The predicted octanol–water partition coefficient (Wildman–Crippen LogP) is 4.36. The highest BCUT2D eigenvalue weighted by molar-refractivity contribution is 5.92. The first-order chi connectivity index (χ1) is 14.1. The Kier molecular flexibility index (Phi) is 5.16. The molecule has 148 valence electrons. The summed E-state index contributed by atoms with van der Waals surface area (Å²) < 4.78 is 7.14. The van der Waals surface area contributed by atoms with Crippen LogP contribution in [-0.4, -0.2) is 27.3 Å². The van der Waals surface area contributed by atoms with Gasteiger partial charge in [-0.3, -0.25) is 0 Å². The topological polar surface area (TPSA) is 69.0 Å². The molecule has 0 saturated heterocycles. The fourth-order valence-corrected chi connectivity index (χ4v) is 3.58. The summed E-state index contributed by atoms with van der Waals surface area (Å²) in [5.41, 5.74) is 4.41. The highest BCUT2D eigenvalue weighted by atomic mass is 16.5. The fraction of sp³-hybridized carbons (Fsp3) is 0.261. The number of carbonyl (C=O) groups excluding carboxylic acids is 1. The average molecular weight is 388 g/mol. The van der Waals surface area contributed by atoms with Crippen molar-refractivity contribution in [3.63, 3.8) is 0 Å². The van der Waals surface area contributed by atoms with E-state index in [1.54, 1.807) is 4.68 Å². The third-order valence-corrected chi connectivity index (χ3v) is 5.08. The molecule has 0 radical (unpaired) electrons. The molecule has 1 aliphatic heterocycles. The van der Waals surface area contributed by atoms with E-state index in [1.807, 2.05) is 44.2 Å². The van der Waals surface area contributed by atoms with Gasteiger partial charge in [-0.2, -0.15) is 4.98 Å². The standard InChI is InChI=1S/C23H24N4O2/c1-4-16-11-13-17(14-12-16)20-19(22(28)29-5-2)15(3)24-23-25-21(26-27(20)23)18-9-7-6-8-10-18/h6-14,20H,4-5H2,1-3H3,(H,24,25,26). The highest BCUT2D eigenvalue weighted by Crippen LogP contribution is 2.36. The summed E-state index contributed by atoms with van der Waals surface area (Å²) in [5, 5.41) is 7.98. The summed E-state index contributed by atoms with van der Waals surface area (Å²) >= 11 is 0. The second-order valence-electron chi connectivity index (χ2n) is 6.95. The number of anilines is 1. The lowest BCUT2D eigenvalue weighted by atomic mass is 9.95. The van der Waals surface area contributed by atoms with Crippen LogP contribution in [0.2, 0.25) is 0 Å². The van der Waals surface area contributed by atoms with E-state index in [-0.39, 0.29) is 5.97 Å². The highest BCUT2D eigenvalue weighted by Gasteiger charge is 2.35. The van der Waals surface area contributed by atoms with Gasteiger partial charge in [0.25, 0.3) is 0 Å². The van der Waals surface area contributed by atoms with Crippen molar-refractivity contribution in [3.05, 3.63) is 77.0 Å². The summed E-state index contributed by atoms with van der Waals surface area (Å²) in [7, 11) is 0. The molecule has 6 nitrogen and oxygen atoms in total. The number of hydrogen-bond donors (Lipinski definition) is 1. The minimum atomic E-state index is -0.402. The van der Waals surface area contributed by atoms with Crippen LogP contribution in [0.4, 0.5) is 5.95 Å². The maximum Gasteiger partial charge on any atom is 0.338 e. The molecule has 2 aromatic carbocycles. The van der Waals surface area contributed by atoms with E-state index in [0.29, 0.717) is 24.0 Å². The number of esters is 1. The van der Waals surface area contributed by atoms with Gasteiger partial charge in [-0.25, -0.2) is 9.48 Å². The van der Waals surface area contributed by atoms with E-state index in [0.717, 1.165) is 23.2 Å². The van der Waals surface area contributed by atoms with Crippen LogP contribution in [0.25, 0.3) is 11.4 Å². The van der Waals surface area contributed by atoms with Crippen molar-refractivity contribution in [1.82, 2.24) is 14.8 Å². The molecule has 1 unspecified atom stereocenters. The first-order valence-electron chi connectivity index (χ1n) is 9.88. The summed E-state index contributed by atoms with van der Waals surface area (Å²) in [5.74, 6) is 0.879. The Balaban J connectivity index is 1.85. The van der Waals surface area contributed by atoms with Crippen molar-refractivity contribution in [2.75, 3.05) is 11.9 Å². The SMILES string of the molecule is CCOC(=O)C1=C(C)Nc2nc(-c3ccccc3)nn2C1c1ccc(CC)cc1. The van der Waals surface area contributed by atoms with Crippen molar-refractivity contribution in [1.29, 1.82) is 0 Å². The molecular weight excluding hydrogens is 364 g/mol. The van der Waals surface area contributed by atoms with Crippen LogP contribution in [0, 0.1) is 0 Å². The summed E-state index contributed by atoms with van der Waals surface area (Å²) in [6.07, 6.45) is 0.957. The summed E-state index contributed by atoms with van der Waals surface area (Å²) in [6.45, 7) is 6.12. The molecule has 6 heteroatoms. The predicted molar refractivity (Wildman–Crippen MR) is 112 cm³/mol. The second kappa shape index (κ2) is 7.91. The minimum absolute atomic E-state index is 0.316. The summed E-state index contributed by atoms with van der Waals surface area (Å²) in [6, 6.07) is 17.7. The van der Waals surface area contributed by atoms with Gasteiger partial charge in [0.2, 0.25) is 5.95 Å². The number of aromatic nitrogens is 3. The van der Waals surface area contributed by atoms with Crippen LogP contribution in [0.5, 0.6) is 0 Å². The Labute approximate surface area is 170 Å². The molecular formula is C23H24N4O2. The normalized spacial score (nSPS) is 15.6. The molecule has 0 aliphatic carbocycles. The number of fused-ring (bicyclic) bond motifs is 1. The first kappa shape index (κ1) is 18.9. The monoisotopic (exact) mass is 388 g/mol. The molecule has 29 heavy (non-hydrogen) atoms. The van der Waals surface area contributed by atoms with E-state index in [2.05, 4.69) is 41.5 Å². The van der Waals surface area contributed by atoms with Crippen molar-refractivity contribution < 1.29 is 9.53 Å². The van der Waals surface area contributed by atoms with E-state index in [9.17, 15) is 4.79 Å². The third kappa shape index (κ3) is 3.53. The number of nitrogens with one attached hydrogen (secondary N) is 1. The number of nitrogens with zero attached hydrogens (tertiary/aromatic N) is 3. The van der Waals surface area contributed by atoms with Crippen molar-refractivity contribution in [2.45, 2.75) is 33.2 Å². The Hall–Kier alpha value is -3.41. The molecule has 1 aliphatic rings. The number of benzene rings is 2. The zero-order valence-electron chi connectivity index (χ0n) is 16.8. The third-order valence-electron chi connectivity index (χ3n) is 5.08. The van der Waals surface area contributed by atoms with Gasteiger partial charge >= 0.3 is 5.97 Å². The Morgan fingerprint density at radius 1 is 1.10 bits per heavy atom. The van der Waals surface area contributed by atoms with E-state index in [1.165, 1.54) is 5.56 Å². The molecule has 3 aromatic rings. The Bertz CT molecular complexity index is 1050. The van der Waals surface area contributed by atoms with Crippen LogP contribution in [-0.2, 0) is 16.0 Å². The molecule has 4 rings (SSSR count). The quantitative estimate of drug-likeness (QED) is 0.658. The minimum Gasteiger partial charge on any atom is -0.463 e. The van der Waals surface area contributed by atoms with Gasteiger partial charge in [-0.15, -0.1) is 5.10 Å². The number of hydrogen-bond acceptors (Lipinski definition) is 5. The lowest BCUT2D eigenvalue weighted by molar-refractivity contribution is -0.139. The van der Waals surface area contributed by atoms with Gasteiger partial charge in [-0.05, 0) is 31.4 Å². The molecule has 2 heterocycles. The molecule has 0 saturated carbocycles. The van der Waals surface area contributed by atoms with Crippen molar-refractivity contribution in [3.8, 4) is 11.4 Å². The molecule has 0 bridgehead atoms. The Morgan fingerprint density at radius 3 is 2.48 bits per heavy atom. The van der Waals surface area contributed by atoms with Crippen molar-refractivity contribution in [2.24, 2.45) is 0 Å². The number of allylic oxidation sites excluding steroid dienone is 1. The maximum absolute atomic E-state index is 12.8. The second-order valence-corrected chi connectivity index (χ2v) is 6.95. The molecule has 0 spiro atoms. The number of rotatable bonds is 5. The lowest BCUT2D eigenvalue weighted by Gasteiger charge is -2.28. The van der Waals surface area contributed by atoms with E-state index in [4.69, 9.17) is 9.84 Å². The van der Waals surface area contributed by atoms with Gasteiger partial charge in [-0.1, -0.05) is 61.5 Å². The van der Waals surface area contributed by atoms with Crippen LogP contribution in [0.3, 0.4) is 0 Å². The summed E-state index contributed by atoms with van der Waals surface area (Å²) in [4.78, 5) is 17.5. The largest absolute Gasteiger partial charge is 0.463 e. The van der Waals surface area contributed by atoms with Crippen LogP contribution in [0.1, 0.15) is 37.9 Å². The van der Waals surface area contributed by atoms with Gasteiger partial charge in [0.05, 0.1) is 12.2 Å². The average Bonchev–Trinajstić information content (AvgIpc) is 3.17. The van der Waals surface area contributed by atoms with Crippen LogP contribution in [0.15, 0.2) is 65.9 Å². The van der Waals surface area contributed by atoms with E-state index < -0.39 is 6.04 Å². The first-order valence-corrected chi connectivity index (χ1v) is 9.88. The zero-order valence-corrected chi connectivity index (χ0v) is 16.8. The van der Waals surface area contributed by atoms with Gasteiger partial charge in [0.15, 0.2) is 5.82 Å².